The number of ether oxygens (including phenoxy) is 2. The Labute approximate surface area is 282 Å². The van der Waals surface area contributed by atoms with E-state index >= 15 is 0 Å². The van der Waals surface area contributed by atoms with Crippen LogP contribution < -0.4 is 20.7 Å². The Hall–Kier alpha value is -6.28. The Morgan fingerprint density at radius 2 is 1.27 bits per heavy atom. The minimum absolute atomic E-state index is 0.0447. The third kappa shape index (κ3) is 6.12. The summed E-state index contributed by atoms with van der Waals surface area (Å²) in [5.74, 6) is -0.360. The molecule has 0 radical (unpaired) electrons. The zero-order chi connectivity index (χ0) is 33.9. The van der Waals surface area contributed by atoms with Gasteiger partial charge in [-0.15, -0.1) is 0 Å². The highest BCUT2D eigenvalue weighted by atomic mass is 16.5. The summed E-state index contributed by atoms with van der Waals surface area (Å²) in [7, 11) is 1.79. The molecule has 8 heteroatoms. The molecule has 0 amide bonds. The predicted octanol–water partition coefficient (Wildman–Crippen LogP) is 7.63. The van der Waals surface area contributed by atoms with Gasteiger partial charge in [-0.3, -0.25) is 9.48 Å². The Balaban J connectivity index is 1.43. The van der Waals surface area contributed by atoms with Crippen molar-refractivity contribution in [2.24, 2.45) is 7.05 Å². The van der Waals surface area contributed by atoms with E-state index in [1.165, 1.54) is 0 Å². The Kier molecular flexibility index (Phi) is 8.60. The van der Waals surface area contributed by atoms with Crippen molar-refractivity contribution in [1.82, 2.24) is 9.36 Å². The molecule has 8 nitrogen and oxygen atoms in total. The standard InChI is InChI=1S/C41H34N2O6/c1-27-36(40(45)43(42(27)2)31-18-10-5-11-19-31)37(38-39(44)32-20-12-13-21-33(32)49-41(38)46)30-22-23-34(47-25-28-14-6-3-7-15-28)35(24-30)48-26-29-16-8-4-9-17-29/h3-24,37,44H,25-26H2,1-2H3. The number of aromatic hydroxyl groups is 1. The first kappa shape index (κ1) is 31.3. The summed E-state index contributed by atoms with van der Waals surface area (Å²) in [4.78, 5) is 28.3. The molecule has 0 spiro atoms. The predicted molar refractivity (Wildman–Crippen MR) is 189 cm³/mol. The van der Waals surface area contributed by atoms with Gasteiger partial charge in [-0.25, -0.2) is 9.48 Å². The van der Waals surface area contributed by atoms with E-state index in [2.05, 4.69) is 0 Å². The van der Waals surface area contributed by atoms with Gasteiger partial charge in [-0.2, -0.15) is 0 Å². The van der Waals surface area contributed by atoms with Gasteiger partial charge in [0.1, 0.15) is 24.5 Å². The molecule has 2 heterocycles. The first-order valence-electron chi connectivity index (χ1n) is 16.0. The third-order valence-electron chi connectivity index (χ3n) is 8.77. The van der Waals surface area contributed by atoms with Gasteiger partial charge in [0.15, 0.2) is 11.5 Å². The average Bonchev–Trinajstić information content (AvgIpc) is 3.35. The van der Waals surface area contributed by atoms with Gasteiger partial charge in [0.25, 0.3) is 5.56 Å². The molecule has 7 rings (SSSR count). The number of nitrogens with zero attached hydrogens (tertiary/aromatic N) is 2. The van der Waals surface area contributed by atoms with Crippen LogP contribution in [0.1, 0.15) is 39.4 Å². The molecule has 244 valence electrons. The number of hydrogen-bond donors (Lipinski definition) is 1. The van der Waals surface area contributed by atoms with Crippen molar-refractivity contribution in [3.63, 3.8) is 0 Å². The molecule has 0 aliphatic carbocycles. The van der Waals surface area contributed by atoms with Crippen LogP contribution in [0.5, 0.6) is 17.2 Å². The minimum atomic E-state index is -1.02. The fourth-order valence-electron chi connectivity index (χ4n) is 6.21. The maximum absolute atomic E-state index is 14.5. The average molecular weight is 651 g/mol. The zero-order valence-corrected chi connectivity index (χ0v) is 27.1. The Morgan fingerprint density at radius 3 is 1.92 bits per heavy atom. The fourth-order valence-corrected chi connectivity index (χ4v) is 6.21. The van der Waals surface area contributed by atoms with E-state index < -0.39 is 11.5 Å². The summed E-state index contributed by atoms with van der Waals surface area (Å²) in [6.45, 7) is 2.39. The van der Waals surface area contributed by atoms with Crippen molar-refractivity contribution in [3.8, 4) is 22.9 Å². The van der Waals surface area contributed by atoms with E-state index in [1.807, 2.05) is 97.9 Å². The third-order valence-corrected chi connectivity index (χ3v) is 8.77. The number of hydrogen-bond acceptors (Lipinski definition) is 6. The van der Waals surface area contributed by atoms with E-state index in [9.17, 15) is 14.7 Å². The van der Waals surface area contributed by atoms with Gasteiger partial charge in [0, 0.05) is 12.7 Å². The summed E-state index contributed by atoms with van der Waals surface area (Å²) in [6.07, 6.45) is 0. The lowest BCUT2D eigenvalue weighted by molar-refractivity contribution is 0.255. The first-order valence-corrected chi connectivity index (χ1v) is 16.0. The second-order valence-corrected chi connectivity index (χ2v) is 11.8. The molecule has 0 bridgehead atoms. The molecule has 0 saturated carbocycles. The molecular formula is C41H34N2O6. The SMILES string of the molecule is Cc1c(C(c2ccc(OCc3ccccc3)c(OCc3ccccc3)c2)c2c(O)c3ccccc3oc2=O)c(=O)n(-c2ccccc2)n1C. The van der Waals surface area contributed by atoms with Crippen molar-refractivity contribution in [2.75, 3.05) is 0 Å². The smallest absolute Gasteiger partial charge is 0.344 e. The Morgan fingerprint density at radius 1 is 0.694 bits per heavy atom. The van der Waals surface area contributed by atoms with E-state index in [-0.39, 0.29) is 29.1 Å². The van der Waals surface area contributed by atoms with Crippen LogP contribution in [0.25, 0.3) is 16.7 Å². The number of para-hydroxylation sites is 2. The van der Waals surface area contributed by atoms with Crippen LogP contribution in [0.3, 0.4) is 0 Å². The van der Waals surface area contributed by atoms with Crippen LogP contribution in [0.15, 0.2) is 147 Å². The topological polar surface area (TPSA) is 95.8 Å². The molecule has 49 heavy (non-hydrogen) atoms. The van der Waals surface area contributed by atoms with Crippen molar-refractivity contribution < 1.29 is 19.0 Å². The van der Waals surface area contributed by atoms with E-state index in [4.69, 9.17) is 13.9 Å². The van der Waals surface area contributed by atoms with Crippen LogP contribution in [0.4, 0.5) is 0 Å². The number of rotatable bonds is 10. The fraction of sp³-hybridized carbons (Fsp3) is 0.122. The van der Waals surface area contributed by atoms with E-state index in [0.717, 1.165) is 11.1 Å². The molecule has 7 aromatic rings. The van der Waals surface area contributed by atoms with Gasteiger partial charge in [-0.1, -0.05) is 97.1 Å². The van der Waals surface area contributed by atoms with Crippen molar-refractivity contribution in [1.29, 1.82) is 0 Å². The second kappa shape index (κ2) is 13.4. The highest BCUT2D eigenvalue weighted by molar-refractivity contribution is 5.84. The molecule has 0 aliphatic rings. The van der Waals surface area contributed by atoms with Crippen molar-refractivity contribution in [2.45, 2.75) is 26.1 Å². The number of aromatic nitrogens is 2. The minimum Gasteiger partial charge on any atom is -0.507 e. The van der Waals surface area contributed by atoms with Crippen molar-refractivity contribution >= 4 is 11.0 Å². The van der Waals surface area contributed by atoms with Crippen LogP contribution in [0.2, 0.25) is 0 Å². The summed E-state index contributed by atoms with van der Waals surface area (Å²) in [5.41, 5.74) is 3.19. The number of fused-ring (bicyclic) bond motifs is 1. The van der Waals surface area contributed by atoms with Crippen LogP contribution >= 0.6 is 0 Å². The normalized spacial score (nSPS) is 11.8. The molecular weight excluding hydrogens is 616 g/mol. The quantitative estimate of drug-likeness (QED) is 0.153. The van der Waals surface area contributed by atoms with Gasteiger partial charge in [-0.05, 0) is 60.0 Å². The lowest BCUT2D eigenvalue weighted by atomic mass is 9.84. The second-order valence-electron chi connectivity index (χ2n) is 11.8. The molecule has 2 aromatic heterocycles. The van der Waals surface area contributed by atoms with Crippen molar-refractivity contribution in [3.05, 3.63) is 188 Å². The molecule has 1 N–H and O–H groups in total. The highest BCUT2D eigenvalue weighted by Gasteiger charge is 2.33. The van der Waals surface area contributed by atoms with Gasteiger partial charge < -0.3 is 19.0 Å². The maximum atomic E-state index is 14.5. The van der Waals surface area contributed by atoms with Crippen LogP contribution in [-0.4, -0.2) is 14.5 Å². The first-order chi connectivity index (χ1) is 23.9. The molecule has 0 aliphatic heterocycles. The number of benzene rings is 5. The molecule has 1 unspecified atom stereocenters. The molecule has 5 aromatic carbocycles. The Bertz CT molecular complexity index is 2360. The van der Waals surface area contributed by atoms with Gasteiger partial charge in [0.2, 0.25) is 0 Å². The monoisotopic (exact) mass is 650 g/mol. The van der Waals surface area contributed by atoms with E-state index in [0.29, 0.717) is 46.0 Å². The molecule has 1 atom stereocenters. The zero-order valence-electron chi connectivity index (χ0n) is 27.1. The molecule has 0 fully saturated rings. The van der Waals surface area contributed by atoms with Crippen LogP contribution in [-0.2, 0) is 20.3 Å². The summed E-state index contributed by atoms with van der Waals surface area (Å²) in [6, 6.07) is 41.0. The van der Waals surface area contributed by atoms with Gasteiger partial charge in [0.05, 0.1) is 28.1 Å². The largest absolute Gasteiger partial charge is 0.507 e. The van der Waals surface area contributed by atoms with Crippen LogP contribution in [0, 0.1) is 6.92 Å². The summed E-state index contributed by atoms with van der Waals surface area (Å²) >= 11 is 0. The summed E-state index contributed by atoms with van der Waals surface area (Å²) < 4.78 is 21.7. The van der Waals surface area contributed by atoms with E-state index in [1.54, 1.807) is 58.9 Å². The highest BCUT2D eigenvalue weighted by Crippen LogP contribution is 2.41. The lowest BCUT2D eigenvalue weighted by Gasteiger charge is -2.21. The maximum Gasteiger partial charge on any atom is 0.344 e. The van der Waals surface area contributed by atoms with Gasteiger partial charge >= 0.3 is 5.63 Å². The molecule has 0 saturated heterocycles. The lowest BCUT2D eigenvalue weighted by Crippen LogP contribution is -2.24. The summed E-state index contributed by atoms with van der Waals surface area (Å²) in [5, 5.41) is 12.1.